The van der Waals surface area contributed by atoms with Crippen molar-refractivity contribution < 1.29 is 19.5 Å². The van der Waals surface area contributed by atoms with E-state index < -0.39 is 0 Å². The summed E-state index contributed by atoms with van der Waals surface area (Å²) < 4.78 is 0. The molecular weight excluding hydrogens is 938 g/mol. The Morgan fingerprint density at radius 2 is 0.534 bits per heavy atom. The van der Waals surface area contributed by atoms with Crippen molar-refractivity contribution in [2.75, 3.05) is 0 Å². The van der Waals surface area contributed by atoms with Crippen LogP contribution >= 0.6 is 0 Å². The van der Waals surface area contributed by atoms with Gasteiger partial charge in [-0.1, -0.05) is 199 Å². The van der Waals surface area contributed by atoms with E-state index in [0.717, 1.165) is 123 Å². The number of benzene rings is 6. The SMILES string of the molecule is C#Cc1ccc(-c2ccc(-c3c4nc(c(-c5ccc(-c6ccc(C#C)cc6)cc5)c5ccc([n-]5)c(-c5ccc(C(C)(C)C)cc5)c5nc(c(-c6ccc(C(C)(C)C)cc6)c6ccc3[n-]6)C=C5)C=C4)cc2)cc1.[Zn+2]. The smallest absolute Gasteiger partial charge is 0.657 e. The molecule has 2 aliphatic rings. The predicted octanol–water partition coefficient (Wildman–Crippen LogP) is 16.5. The zero-order chi connectivity index (χ0) is 49.7. The van der Waals surface area contributed by atoms with Gasteiger partial charge >= 0.3 is 19.5 Å². The molecule has 0 saturated heterocycles. The van der Waals surface area contributed by atoms with Gasteiger partial charge in [0.05, 0.1) is 22.8 Å². The first-order valence-corrected chi connectivity index (χ1v) is 24.4. The first-order chi connectivity index (χ1) is 34.8. The van der Waals surface area contributed by atoms with Gasteiger partial charge in [-0.3, -0.25) is 0 Å². The van der Waals surface area contributed by atoms with Gasteiger partial charge in [-0.25, -0.2) is 9.97 Å². The van der Waals surface area contributed by atoms with Gasteiger partial charge in [0.2, 0.25) is 0 Å². The summed E-state index contributed by atoms with van der Waals surface area (Å²) in [5.41, 5.74) is 22.9. The molecule has 0 spiro atoms. The topological polar surface area (TPSA) is 54.0 Å². The number of terminal acetylenes is 2. The van der Waals surface area contributed by atoms with Crippen LogP contribution in [0.4, 0.5) is 0 Å². The molecule has 11 rings (SSSR count). The molecule has 0 aliphatic carbocycles. The Morgan fingerprint density at radius 1 is 0.315 bits per heavy atom. The van der Waals surface area contributed by atoms with Crippen LogP contribution in [-0.4, -0.2) is 9.97 Å². The number of hydrogen-bond acceptors (Lipinski definition) is 2. The van der Waals surface area contributed by atoms with Crippen molar-refractivity contribution in [2.24, 2.45) is 0 Å². The van der Waals surface area contributed by atoms with E-state index in [0.29, 0.717) is 0 Å². The summed E-state index contributed by atoms with van der Waals surface area (Å²) in [6.45, 7) is 13.5. The van der Waals surface area contributed by atoms with Gasteiger partial charge in [-0.05, 0) is 137 Å². The molecule has 5 heteroatoms. The second-order valence-corrected chi connectivity index (χ2v) is 20.6. The van der Waals surface area contributed by atoms with E-state index in [4.69, 9.17) is 32.8 Å². The molecule has 8 bridgehead atoms. The Labute approximate surface area is 441 Å². The Balaban J connectivity index is 0.00000611. The normalized spacial score (nSPS) is 12.0. The summed E-state index contributed by atoms with van der Waals surface area (Å²) in [5.74, 6) is 5.46. The summed E-state index contributed by atoms with van der Waals surface area (Å²) in [4.78, 5) is 22.1. The molecule has 0 N–H and O–H groups in total. The van der Waals surface area contributed by atoms with Crippen molar-refractivity contribution in [3.63, 3.8) is 0 Å². The molecule has 0 saturated carbocycles. The van der Waals surface area contributed by atoms with Gasteiger partial charge in [0.25, 0.3) is 0 Å². The average Bonchev–Trinajstić information content (AvgIpc) is 4.26. The number of nitrogens with zero attached hydrogens (tertiary/aromatic N) is 4. The molecule has 4 nitrogen and oxygen atoms in total. The predicted molar refractivity (Wildman–Crippen MR) is 303 cm³/mol. The van der Waals surface area contributed by atoms with Crippen LogP contribution in [0.1, 0.15) is 86.6 Å². The Kier molecular flexibility index (Phi) is 12.8. The minimum Gasteiger partial charge on any atom is -0.657 e. The Bertz CT molecular complexity index is 3620. The van der Waals surface area contributed by atoms with Crippen molar-refractivity contribution in [3.8, 4) is 91.4 Å². The Hall–Kier alpha value is -8.34. The van der Waals surface area contributed by atoms with E-state index in [2.05, 4.69) is 223 Å². The quantitative estimate of drug-likeness (QED) is 0.123. The number of hydrogen-bond donors (Lipinski definition) is 0. The van der Waals surface area contributed by atoms with Crippen LogP contribution < -0.4 is 9.97 Å². The van der Waals surface area contributed by atoms with E-state index >= 15 is 0 Å². The minimum atomic E-state index is -0.00867. The third-order valence-corrected chi connectivity index (χ3v) is 13.8. The molecular formula is C68H52N4Zn. The van der Waals surface area contributed by atoms with Crippen LogP contribution in [-0.2, 0) is 30.3 Å². The van der Waals surface area contributed by atoms with E-state index in [1.54, 1.807) is 0 Å². The zero-order valence-electron chi connectivity index (χ0n) is 42.1. The van der Waals surface area contributed by atoms with Gasteiger partial charge < -0.3 is 9.97 Å². The second-order valence-electron chi connectivity index (χ2n) is 20.6. The summed E-state index contributed by atoms with van der Waals surface area (Å²) in [6, 6.07) is 59.7. The molecule has 9 aromatic rings. The van der Waals surface area contributed by atoms with Crippen molar-refractivity contribution in [1.29, 1.82) is 0 Å². The van der Waals surface area contributed by atoms with Crippen LogP contribution in [0.3, 0.4) is 0 Å². The van der Waals surface area contributed by atoms with Crippen molar-refractivity contribution in [2.45, 2.75) is 52.4 Å². The number of rotatable bonds is 6. The molecule has 0 radical (unpaired) electrons. The summed E-state index contributed by atoms with van der Waals surface area (Å²) in [7, 11) is 0. The van der Waals surface area contributed by atoms with Crippen LogP contribution in [0.5, 0.6) is 0 Å². The molecule has 0 atom stereocenters. The van der Waals surface area contributed by atoms with Crippen LogP contribution in [0.15, 0.2) is 170 Å². The summed E-state index contributed by atoms with van der Waals surface area (Å²) >= 11 is 0. The number of fused-ring (bicyclic) bond motifs is 8. The van der Waals surface area contributed by atoms with Crippen LogP contribution in [0, 0.1) is 24.7 Å². The van der Waals surface area contributed by atoms with E-state index in [1.165, 1.54) is 11.1 Å². The van der Waals surface area contributed by atoms with Crippen LogP contribution in [0.2, 0.25) is 0 Å². The first-order valence-electron chi connectivity index (χ1n) is 24.4. The average molecular weight is 991 g/mol. The molecule has 2 aliphatic heterocycles. The van der Waals surface area contributed by atoms with E-state index in [-0.39, 0.29) is 30.3 Å². The number of aromatic nitrogens is 4. The maximum absolute atomic E-state index is 5.69. The molecule has 0 unspecified atom stereocenters. The first kappa shape index (κ1) is 48.3. The van der Waals surface area contributed by atoms with E-state index in [1.807, 2.05) is 24.3 Å². The third-order valence-electron chi connectivity index (χ3n) is 13.8. The van der Waals surface area contributed by atoms with E-state index in [9.17, 15) is 0 Å². The fourth-order valence-corrected chi connectivity index (χ4v) is 9.72. The van der Waals surface area contributed by atoms with Crippen molar-refractivity contribution in [1.82, 2.24) is 19.9 Å². The fraction of sp³-hybridized carbons (Fsp3) is 0.118. The maximum Gasteiger partial charge on any atom is 2.00 e. The molecule has 346 valence electrons. The van der Waals surface area contributed by atoms with Crippen LogP contribution in [0.25, 0.3) is 113 Å². The fourth-order valence-electron chi connectivity index (χ4n) is 9.72. The molecule has 73 heavy (non-hydrogen) atoms. The second kappa shape index (κ2) is 19.3. The monoisotopic (exact) mass is 988 g/mol. The largest absolute Gasteiger partial charge is 2.00 e. The Morgan fingerprint density at radius 3 is 0.767 bits per heavy atom. The zero-order valence-corrected chi connectivity index (χ0v) is 45.1. The third kappa shape index (κ3) is 9.50. The molecule has 5 heterocycles. The summed E-state index contributed by atoms with van der Waals surface area (Å²) in [5, 5.41) is 0. The standard InChI is InChI=1S/C68H52N4.Zn/c1-9-43-11-15-45(16-12-43)47-19-23-49(24-20-47)63-55-35-36-56(69-55)64(50-25-21-48(22-26-50)46-17-13-44(10-2)14-18-46)58-38-40-60(71-58)66(52-29-33-54(34-30-52)68(6,7)8)62-42-41-61(72-62)65(59-39-37-57(63)70-59)51-27-31-53(32-28-51)67(3,4)5;/h1-2,11-42H,3-8H3;/q-2;+2. The van der Waals surface area contributed by atoms with Gasteiger partial charge in [0.1, 0.15) is 0 Å². The van der Waals surface area contributed by atoms with Gasteiger partial charge in [-0.2, -0.15) is 0 Å². The van der Waals surface area contributed by atoms with Gasteiger partial charge in [0, 0.05) is 11.1 Å². The van der Waals surface area contributed by atoms with Crippen molar-refractivity contribution >= 4 is 46.4 Å². The van der Waals surface area contributed by atoms with Gasteiger partial charge in [-0.15, -0.1) is 34.9 Å². The maximum atomic E-state index is 5.69. The molecule has 0 fully saturated rings. The molecule has 6 aromatic carbocycles. The van der Waals surface area contributed by atoms with Gasteiger partial charge in [0.15, 0.2) is 0 Å². The van der Waals surface area contributed by atoms with Crippen molar-refractivity contribution in [3.05, 3.63) is 215 Å². The minimum absolute atomic E-state index is 0. The summed E-state index contributed by atoms with van der Waals surface area (Å²) in [6.07, 6.45) is 19.9. The molecule has 0 amide bonds. The molecule has 3 aromatic heterocycles.